The maximum atomic E-state index is 13.5. The maximum absolute atomic E-state index is 13.5. The van der Waals surface area contributed by atoms with Crippen LogP contribution < -0.4 is 0 Å². The van der Waals surface area contributed by atoms with Crippen molar-refractivity contribution in [2.24, 2.45) is 0 Å². The third-order valence-corrected chi connectivity index (χ3v) is 3.71. The minimum absolute atomic E-state index is 0.225. The summed E-state index contributed by atoms with van der Waals surface area (Å²) >= 11 is 9.36. The van der Waals surface area contributed by atoms with Gasteiger partial charge in [0.1, 0.15) is 11.6 Å². The molecule has 1 aromatic carbocycles. The molecule has 0 amide bonds. The zero-order chi connectivity index (χ0) is 14.0. The van der Waals surface area contributed by atoms with Gasteiger partial charge in [0.25, 0.3) is 0 Å². The predicted molar refractivity (Wildman–Crippen MR) is 78.2 cm³/mol. The Morgan fingerprint density at radius 2 is 2.26 bits per heavy atom. The van der Waals surface area contributed by atoms with Crippen molar-refractivity contribution in [3.05, 3.63) is 28.2 Å². The van der Waals surface area contributed by atoms with E-state index in [0.29, 0.717) is 16.6 Å². The summed E-state index contributed by atoms with van der Waals surface area (Å²) in [4.78, 5) is 4.42. The number of rotatable bonds is 5. The number of hydrogen-bond donors (Lipinski definition) is 0. The topological polar surface area (TPSA) is 27.1 Å². The molecule has 0 aliphatic heterocycles. The number of alkyl halides is 1. The van der Waals surface area contributed by atoms with Gasteiger partial charge in [0.2, 0.25) is 0 Å². The van der Waals surface area contributed by atoms with Crippen LogP contribution in [0.5, 0.6) is 0 Å². The van der Waals surface area contributed by atoms with E-state index >= 15 is 0 Å². The first kappa shape index (κ1) is 14.8. The van der Waals surface area contributed by atoms with Crippen molar-refractivity contribution in [2.75, 3.05) is 13.7 Å². The summed E-state index contributed by atoms with van der Waals surface area (Å²) < 4.78 is 21.1. The molecule has 1 aromatic heterocycles. The number of imidazole rings is 1. The van der Waals surface area contributed by atoms with Crippen molar-refractivity contribution in [2.45, 2.75) is 25.3 Å². The molecular formula is C13H15BrClFN2O. The van der Waals surface area contributed by atoms with Crippen LogP contribution >= 0.6 is 27.5 Å². The van der Waals surface area contributed by atoms with Gasteiger partial charge in [-0.25, -0.2) is 9.37 Å². The standard InChI is InChI=1S/C13H15BrClFN2O/c1-8(15)13-17-11-7-10(16)9(14)6-12(11)18(13)4-3-5-19-2/h6-8H,3-5H2,1-2H3. The van der Waals surface area contributed by atoms with Gasteiger partial charge in [-0.15, -0.1) is 11.6 Å². The van der Waals surface area contributed by atoms with Crippen molar-refractivity contribution in [1.82, 2.24) is 9.55 Å². The van der Waals surface area contributed by atoms with E-state index in [4.69, 9.17) is 16.3 Å². The van der Waals surface area contributed by atoms with Crippen molar-refractivity contribution >= 4 is 38.6 Å². The first-order valence-electron chi connectivity index (χ1n) is 6.02. The molecule has 0 spiro atoms. The summed E-state index contributed by atoms with van der Waals surface area (Å²) in [5.41, 5.74) is 1.51. The fraction of sp³-hybridized carbons (Fsp3) is 0.462. The van der Waals surface area contributed by atoms with Gasteiger partial charge >= 0.3 is 0 Å². The third kappa shape index (κ3) is 3.09. The van der Waals surface area contributed by atoms with Gasteiger partial charge in [0, 0.05) is 26.3 Å². The zero-order valence-electron chi connectivity index (χ0n) is 10.8. The summed E-state index contributed by atoms with van der Waals surface area (Å²) in [7, 11) is 1.67. The minimum Gasteiger partial charge on any atom is -0.385 e. The van der Waals surface area contributed by atoms with Crippen molar-refractivity contribution in [1.29, 1.82) is 0 Å². The summed E-state index contributed by atoms with van der Waals surface area (Å²) in [5, 5.41) is -0.225. The first-order chi connectivity index (χ1) is 9.04. The Kier molecular flexibility index (Phi) is 4.81. The van der Waals surface area contributed by atoms with Gasteiger partial charge < -0.3 is 9.30 Å². The van der Waals surface area contributed by atoms with Crippen molar-refractivity contribution in [3.8, 4) is 0 Å². The number of methoxy groups -OCH3 is 1. The Bertz CT molecular complexity index is 586. The molecule has 0 N–H and O–H groups in total. The molecular weight excluding hydrogens is 335 g/mol. The van der Waals surface area contributed by atoms with Crippen LogP contribution in [0.4, 0.5) is 4.39 Å². The summed E-state index contributed by atoms with van der Waals surface area (Å²) in [6.07, 6.45) is 0.855. The van der Waals surface area contributed by atoms with Crippen LogP contribution in [0.2, 0.25) is 0 Å². The third-order valence-electron chi connectivity index (χ3n) is 2.91. The highest BCUT2D eigenvalue weighted by atomic mass is 79.9. The molecule has 1 heterocycles. The molecule has 19 heavy (non-hydrogen) atoms. The van der Waals surface area contributed by atoms with E-state index < -0.39 is 0 Å². The zero-order valence-corrected chi connectivity index (χ0v) is 13.1. The smallest absolute Gasteiger partial charge is 0.139 e. The molecule has 104 valence electrons. The van der Waals surface area contributed by atoms with E-state index in [9.17, 15) is 4.39 Å². The molecule has 0 saturated carbocycles. The Hall–Kier alpha value is -0.650. The average molecular weight is 350 g/mol. The van der Waals surface area contributed by atoms with Gasteiger partial charge in [-0.2, -0.15) is 0 Å². The second-order valence-corrected chi connectivity index (χ2v) is 5.85. The summed E-state index contributed by atoms with van der Waals surface area (Å²) in [5.74, 6) is 0.438. The van der Waals surface area contributed by atoms with Crippen molar-refractivity contribution < 1.29 is 9.13 Å². The molecule has 3 nitrogen and oxygen atoms in total. The molecule has 0 radical (unpaired) electrons. The summed E-state index contributed by atoms with van der Waals surface area (Å²) in [6.45, 7) is 3.27. The minimum atomic E-state index is -0.317. The lowest BCUT2D eigenvalue weighted by Crippen LogP contribution is -2.06. The van der Waals surface area contributed by atoms with Gasteiger partial charge in [-0.1, -0.05) is 0 Å². The highest BCUT2D eigenvalue weighted by Gasteiger charge is 2.16. The van der Waals surface area contributed by atoms with E-state index in [1.165, 1.54) is 6.07 Å². The first-order valence-corrected chi connectivity index (χ1v) is 7.25. The van der Waals surface area contributed by atoms with Crippen molar-refractivity contribution in [3.63, 3.8) is 0 Å². The van der Waals surface area contributed by atoms with Crippen LogP contribution in [0.25, 0.3) is 11.0 Å². The lowest BCUT2D eigenvalue weighted by atomic mass is 10.3. The van der Waals surface area contributed by atoms with Gasteiger partial charge in [-0.3, -0.25) is 0 Å². The molecule has 2 rings (SSSR count). The Balaban J connectivity index is 2.49. The van der Waals surface area contributed by atoms with Gasteiger partial charge in [0.15, 0.2) is 0 Å². The second-order valence-electron chi connectivity index (χ2n) is 4.34. The number of hydrogen-bond acceptors (Lipinski definition) is 2. The molecule has 0 aliphatic carbocycles. The number of aryl methyl sites for hydroxylation is 1. The van der Waals surface area contributed by atoms with Crippen LogP contribution in [-0.4, -0.2) is 23.3 Å². The lowest BCUT2D eigenvalue weighted by Gasteiger charge is -2.10. The largest absolute Gasteiger partial charge is 0.385 e. The highest BCUT2D eigenvalue weighted by molar-refractivity contribution is 9.10. The quantitative estimate of drug-likeness (QED) is 0.595. The number of nitrogens with zero attached hydrogens (tertiary/aromatic N) is 2. The molecule has 1 atom stereocenters. The van der Waals surface area contributed by atoms with Crippen LogP contribution in [0.1, 0.15) is 24.5 Å². The van der Waals surface area contributed by atoms with E-state index in [1.807, 2.05) is 11.5 Å². The van der Waals surface area contributed by atoms with E-state index in [2.05, 4.69) is 20.9 Å². The number of halogens is 3. The molecule has 1 unspecified atom stereocenters. The Morgan fingerprint density at radius 1 is 1.53 bits per heavy atom. The maximum Gasteiger partial charge on any atom is 0.139 e. The average Bonchev–Trinajstić information content (AvgIpc) is 2.69. The van der Waals surface area contributed by atoms with Gasteiger partial charge in [-0.05, 0) is 35.3 Å². The van der Waals surface area contributed by atoms with E-state index in [-0.39, 0.29) is 11.2 Å². The monoisotopic (exact) mass is 348 g/mol. The number of aromatic nitrogens is 2. The second kappa shape index (κ2) is 6.20. The van der Waals surface area contributed by atoms with Crippen LogP contribution in [0, 0.1) is 5.82 Å². The normalized spacial score (nSPS) is 13.1. The predicted octanol–water partition coefficient (Wildman–Crippen LogP) is 4.27. The molecule has 2 aromatic rings. The highest BCUT2D eigenvalue weighted by Crippen LogP contribution is 2.28. The van der Waals surface area contributed by atoms with Crippen LogP contribution in [0.15, 0.2) is 16.6 Å². The number of benzene rings is 1. The van der Waals surface area contributed by atoms with Crippen LogP contribution in [0.3, 0.4) is 0 Å². The van der Waals surface area contributed by atoms with Gasteiger partial charge in [0.05, 0.1) is 20.9 Å². The Labute approximate surface area is 124 Å². The Morgan fingerprint density at radius 3 is 2.89 bits per heavy atom. The number of ether oxygens (including phenoxy) is 1. The molecule has 0 aliphatic rings. The van der Waals surface area contributed by atoms with E-state index in [1.54, 1.807) is 13.2 Å². The molecule has 0 saturated heterocycles. The molecule has 0 bridgehead atoms. The van der Waals surface area contributed by atoms with Crippen LogP contribution in [-0.2, 0) is 11.3 Å². The fourth-order valence-corrected chi connectivity index (χ4v) is 2.54. The molecule has 0 fully saturated rings. The van der Waals surface area contributed by atoms with E-state index in [0.717, 1.165) is 24.3 Å². The fourth-order valence-electron chi connectivity index (χ4n) is 2.04. The SMILES string of the molecule is COCCCn1c(C(C)Cl)nc2cc(F)c(Br)cc21. The summed E-state index contributed by atoms with van der Waals surface area (Å²) in [6, 6.07) is 3.17. The molecule has 6 heteroatoms. The number of fused-ring (bicyclic) bond motifs is 1. The lowest BCUT2D eigenvalue weighted by molar-refractivity contribution is 0.190.